The van der Waals surface area contributed by atoms with E-state index in [1.54, 1.807) is 14.0 Å². The zero-order valence-electron chi connectivity index (χ0n) is 19.5. The molecule has 7 heteroatoms. The third-order valence-corrected chi connectivity index (χ3v) is 5.19. The van der Waals surface area contributed by atoms with Gasteiger partial charge in [0.2, 0.25) is 5.91 Å². The van der Waals surface area contributed by atoms with Crippen molar-refractivity contribution in [1.29, 1.82) is 0 Å². The van der Waals surface area contributed by atoms with Crippen LogP contribution in [0.2, 0.25) is 0 Å². The summed E-state index contributed by atoms with van der Waals surface area (Å²) < 4.78 is 17.4. The smallest absolute Gasteiger partial charge is 0.411 e. The molecule has 1 unspecified atom stereocenters. The quantitative estimate of drug-likeness (QED) is 0.371. The molecule has 0 aliphatic carbocycles. The van der Waals surface area contributed by atoms with Gasteiger partial charge in [-0.25, -0.2) is 4.79 Å². The maximum absolute atomic E-state index is 11.9. The molecular weight excluding hydrogens is 434 g/mol. The third kappa shape index (κ3) is 7.00. The van der Waals surface area contributed by atoms with E-state index >= 15 is 0 Å². The Bertz CT molecular complexity index is 1130. The SMILES string of the molecule is CCCc1cc(Oc2ccc(OC)cc2)ccc1Oc1cccc(CC(C)C(=O)NC(=O)O)c1. The Morgan fingerprint density at radius 2 is 1.59 bits per heavy atom. The maximum Gasteiger partial charge on any atom is 0.411 e. The number of carboxylic acid groups (broad SMARTS) is 1. The Hall–Kier alpha value is -4.00. The maximum atomic E-state index is 11.9. The number of rotatable bonds is 10. The van der Waals surface area contributed by atoms with Crippen molar-refractivity contribution in [1.82, 2.24) is 5.32 Å². The van der Waals surface area contributed by atoms with Gasteiger partial charge in [0.05, 0.1) is 7.11 Å². The van der Waals surface area contributed by atoms with Crippen LogP contribution in [0.15, 0.2) is 66.7 Å². The molecule has 0 radical (unpaired) electrons. The molecule has 0 fully saturated rings. The topological polar surface area (TPSA) is 94.1 Å². The van der Waals surface area contributed by atoms with Crippen LogP contribution in [0.5, 0.6) is 28.7 Å². The van der Waals surface area contributed by atoms with Crippen LogP contribution in [0.4, 0.5) is 4.79 Å². The van der Waals surface area contributed by atoms with Crippen molar-refractivity contribution in [2.45, 2.75) is 33.1 Å². The van der Waals surface area contributed by atoms with E-state index in [9.17, 15) is 9.59 Å². The van der Waals surface area contributed by atoms with Crippen LogP contribution in [0, 0.1) is 5.92 Å². The zero-order valence-corrected chi connectivity index (χ0v) is 19.5. The first kappa shape index (κ1) is 24.6. The first-order chi connectivity index (χ1) is 16.4. The molecule has 2 N–H and O–H groups in total. The second-order valence-corrected chi connectivity index (χ2v) is 7.95. The van der Waals surface area contributed by atoms with E-state index in [1.807, 2.05) is 72.0 Å². The molecule has 0 aliphatic heterocycles. The fraction of sp³-hybridized carbons (Fsp3) is 0.259. The fourth-order valence-electron chi connectivity index (χ4n) is 3.50. The van der Waals surface area contributed by atoms with Gasteiger partial charge in [0, 0.05) is 5.92 Å². The number of carbonyl (C=O) groups is 2. The summed E-state index contributed by atoms with van der Waals surface area (Å²) in [4.78, 5) is 22.6. The van der Waals surface area contributed by atoms with Crippen LogP contribution >= 0.6 is 0 Å². The van der Waals surface area contributed by atoms with Gasteiger partial charge in [0.15, 0.2) is 0 Å². The third-order valence-electron chi connectivity index (χ3n) is 5.19. The van der Waals surface area contributed by atoms with E-state index in [0.717, 1.165) is 35.5 Å². The Morgan fingerprint density at radius 3 is 2.26 bits per heavy atom. The summed E-state index contributed by atoms with van der Waals surface area (Å²) in [6.07, 6.45) is 0.809. The number of benzene rings is 3. The van der Waals surface area contributed by atoms with Gasteiger partial charge >= 0.3 is 6.09 Å². The first-order valence-corrected chi connectivity index (χ1v) is 11.1. The van der Waals surface area contributed by atoms with E-state index in [4.69, 9.17) is 19.3 Å². The molecule has 0 saturated carbocycles. The van der Waals surface area contributed by atoms with Crippen LogP contribution in [0.25, 0.3) is 0 Å². The molecule has 1 atom stereocenters. The summed E-state index contributed by atoms with van der Waals surface area (Å²) in [5.41, 5.74) is 1.90. The van der Waals surface area contributed by atoms with Crippen molar-refractivity contribution in [3.05, 3.63) is 77.9 Å². The van der Waals surface area contributed by atoms with Gasteiger partial charge < -0.3 is 19.3 Å². The van der Waals surface area contributed by atoms with Gasteiger partial charge in [-0.2, -0.15) is 0 Å². The Morgan fingerprint density at radius 1 is 0.912 bits per heavy atom. The average Bonchev–Trinajstić information content (AvgIpc) is 2.81. The minimum Gasteiger partial charge on any atom is -0.497 e. The van der Waals surface area contributed by atoms with Crippen molar-refractivity contribution >= 4 is 12.0 Å². The molecule has 0 bridgehead atoms. The van der Waals surface area contributed by atoms with Gasteiger partial charge in [-0.15, -0.1) is 0 Å². The number of imide groups is 1. The van der Waals surface area contributed by atoms with E-state index in [1.165, 1.54) is 0 Å². The molecule has 0 spiro atoms. The van der Waals surface area contributed by atoms with Crippen LogP contribution in [-0.2, 0) is 17.6 Å². The number of aryl methyl sites for hydroxylation is 1. The summed E-state index contributed by atoms with van der Waals surface area (Å²) in [5, 5.41) is 10.6. The number of hydrogen-bond donors (Lipinski definition) is 2. The second kappa shape index (κ2) is 11.7. The molecule has 3 aromatic rings. The van der Waals surface area contributed by atoms with Crippen LogP contribution < -0.4 is 19.5 Å². The fourth-order valence-corrected chi connectivity index (χ4v) is 3.50. The normalized spacial score (nSPS) is 11.4. The number of methoxy groups -OCH3 is 1. The Kier molecular flexibility index (Phi) is 8.51. The van der Waals surface area contributed by atoms with Crippen molar-refractivity contribution in [3.63, 3.8) is 0 Å². The highest BCUT2D eigenvalue weighted by Gasteiger charge is 2.16. The van der Waals surface area contributed by atoms with Gasteiger partial charge in [0.1, 0.15) is 28.7 Å². The number of nitrogens with one attached hydrogen (secondary N) is 1. The van der Waals surface area contributed by atoms with Crippen LogP contribution in [-0.4, -0.2) is 24.2 Å². The van der Waals surface area contributed by atoms with Crippen LogP contribution in [0.3, 0.4) is 0 Å². The molecule has 3 aromatic carbocycles. The van der Waals surface area contributed by atoms with E-state index in [0.29, 0.717) is 23.7 Å². The van der Waals surface area contributed by atoms with E-state index in [-0.39, 0.29) is 0 Å². The van der Waals surface area contributed by atoms with Crippen molar-refractivity contribution < 1.29 is 28.9 Å². The average molecular weight is 464 g/mol. The lowest BCUT2D eigenvalue weighted by Crippen LogP contribution is -2.34. The highest BCUT2D eigenvalue weighted by atomic mass is 16.5. The van der Waals surface area contributed by atoms with Gasteiger partial charge in [-0.3, -0.25) is 10.1 Å². The minimum atomic E-state index is -1.35. The molecular formula is C27H29NO6. The monoisotopic (exact) mass is 463 g/mol. The largest absolute Gasteiger partial charge is 0.497 e. The number of carbonyl (C=O) groups excluding carboxylic acids is 1. The van der Waals surface area contributed by atoms with Gasteiger partial charge in [0.25, 0.3) is 0 Å². The lowest BCUT2D eigenvalue weighted by atomic mass is 10.0. The predicted molar refractivity (Wildman–Crippen MR) is 129 cm³/mol. The van der Waals surface area contributed by atoms with Gasteiger partial charge in [-0.05, 0) is 78.6 Å². The number of hydrogen-bond acceptors (Lipinski definition) is 5. The first-order valence-electron chi connectivity index (χ1n) is 11.1. The molecule has 0 aromatic heterocycles. The summed E-state index contributed by atoms with van der Waals surface area (Å²) >= 11 is 0. The summed E-state index contributed by atoms with van der Waals surface area (Å²) in [7, 11) is 1.62. The molecule has 178 valence electrons. The molecule has 7 nitrogen and oxygen atoms in total. The molecule has 0 saturated heterocycles. The van der Waals surface area contributed by atoms with Crippen molar-refractivity contribution in [2.75, 3.05) is 7.11 Å². The van der Waals surface area contributed by atoms with Crippen molar-refractivity contribution in [2.24, 2.45) is 5.92 Å². The highest BCUT2D eigenvalue weighted by Crippen LogP contribution is 2.32. The standard InChI is InChI=1S/C27H29NO6/c1-4-6-20-17-24(33-22-11-9-21(32-3)10-12-22)13-14-25(20)34-23-8-5-7-19(16-23)15-18(2)26(29)28-27(30)31/h5,7-14,16-18H,4,6,15H2,1-3H3,(H,28,29)(H,30,31). The summed E-state index contributed by atoms with van der Waals surface area (Å²) in [6.45, 7) is 3.79. The zero-order chi connectivity index (χ0) is 24.5. The highest BCUT2D eigenvalue weighted by molar-refractivity contribution is 5.92. The lowest BCUT2D eigenvalue weighted by molar-refractivity contribution is -0.123. The molecule has 0 heterocycles. The minimum absolute atomic E-state index is 0.396. The number of amides is 2. The molecule has 34 heavy (non-hydrogen) atoms. The van der Waals surface area contributed by atoms with Crippen molar-refractivity contribution in [3.8, 4) is 28.7 Å². The molecule has 2 amide bonds. The molecule has 3 rings (SSSR count). The Labute approximate surface area is 199 Å². The Balaban J connectivity index is 1.73. The number of ether oxygens (including phenoxy) is 3. The lowest BCUT2D eigenvalue weighted by Gasteiger charge is -2.15. The molecule has 0 aliphatic rings. The van der Waals surface area contributed by atoms with Gasteiger partial charge in [-0.1, -0.05) is 32.4 Å². The van der Waals surface area contributed by atoms with E-state index in [2.05, 4.69) is 6.92 Å². The summed E-state index contributed by atoms with van der Waals surface area (Å²) in [6, 6.07) is 20.6. The van der Waals surface area contributed by atoms with Crippen LogP contribution in [0.1, 0.15) is 31.4 Å². The summed E-state index contributed by atoms with van der Waals surface area (Å²) in [5.74, 6) is 2.55. The van der Waals surface area contributed by atoms with E-state index < -0.39 is 17.9 Å². The second-order valence-electron chi connectivity index (χ2n) is 7.95. The predicted octanol–water partition coefficient (Wildman–Crippen LogP) is 6.21.